The molecule has 1 aromatic carbocycles. The lowest BCUT2D eigenvalue weighted by Crippen LogP contribution is -2.42. The Morgan fingerprint density at radius 1 is 1.33 bits per heavy atom. The van der Waals surface area contributed by atoms with E-state index in [-0.39, 0.29) is 5.41 Å². The smallest absolute Gasteiger partial charge is 0.191 e. The van der Waals surface area contributed by atoms with Crippen molar-refractivity contribution in [1.82, 2.24) is 25.4 Å². The van der Waals surface area contributed by atoms with Gasteiger partial charge in [-0.2, -0.15) is 5.10 Å². The molecule has 0 saturated carbocycles. The van der Waals surface area contributed by atoms with Crippen molar-refractivity contribution >= 4 is 17.6 Å². The van der Waals surface area contributed by atoms with Gasteiger partial charge >= 0.3 is 0 Å². The number of aliphatic imine (C=N–C) groups is 1. The summed E-state index contributed by atoms with van der Waals surface area (Å²) in [5.74, 6) is 1.60. The largest absolute Gasteiger partial charge is 0.356 e. The number of hydrogen-bond donors (Lipinski definition) is 2. The maximum absolute atomic E-state index is 6.07. The minimum Gasteiger partial charge on any atom is -0.356 e. The van der Waals surface area contributed by atoms with E-state index >= 15 is 0 Å². The monoisotopic (exact) mass is 348 g/mol. The van der Waals surface area contributed by atoms with Crippen molar-refractivity contribution in [3.63, 3.8) is 0 Å². The van der Waals surface area contributed by atoms with Gasteiger partial charge in [-0.25, -0.2) is 4.98 Å². The second kappa shape index (κ2) is 8.15. The highest BCUT2D eigenvalue weighted by atomic mass is 35.5. The molecule has 0 aliphatic rings. The molecule has 1 heterocycles. The number of rotatable bonds is 6. The number of guanidine groups is 1. The molecule has 0 radical (unpaired) electrons. The number of nitrogens with zero attached hydrogens (tertiary/aromatic N) is 4. The Hall–Kier alpha value is -2.08. The van der Waals surface area contributed by atoms with Gasteiger partial charge in [-0.1, -0.05) is 37.6 Å². The zero-order valence-corrected chi connectivity index (χ0v) is 15.4. The highest BCUT2D eigenvalue weighted by molar-refractivity contribution is 6.30. The van der Waals surface area contributed by atoms with Gasteiger partial charge in [0.1, 0.15) is 12.2 Å². The van der Waals surface area contributed by atoms with Crippen LogP contribution in [0.2, 0.25) is 5.02 Å². The van der Waals surface area contributed by atoms with Crippen LogP contribution >= 0.6 is 11.6 Å². The zero-order chi connectivity index (χ0) is 17.6. The molecule has 2 rings (SSSR count). The molecule has 24 heavy (non-hydrogen) atoms. The summed E-state index contributed by atoms with van der Waals surface area (Å²) in [5, 5.41) is 11.5. The predicted molar refractivity (Wildman–Crippen MR) is 98.1 cm³/mol. The molecule has 1 aromatic heterocycles. The van der Waals surface area contributed by atoms with Gasteiger partial charge in [0.25, 0.3) is 0 Å². The minimum absolute atomic E-state index is 0.0626. The Kier molecular flexibility index (Phi) is 6.20. The Balaban J connectivity index is 1.86. The molecule has 0 bridgehead atoms. The van der Waals surface area contributed by atoms with E-state index in [1.165, 1.54) is 5.56 Å². The summed E-state index contributed by atoms with van der Waals surface area (Å²) in [6.45, 7) is 5.80. The minimum atomic E-state index is 0.0626. The van der Waals surface area contributed by atoms with Crippen molar-refractivity contribution < 1.29 is 0 Å². The van der Waals surface area contributed by atoms with Gasteiger partial charge in [-0.3, -0.25) is 9.67 Å². The van der Waals surface area contributed by atoms with Crippen LogP contribution in [0.25, 0.3) is 0 Å². The summed E-state index contributed by atoms with van der Waals surface area (Å²) in [6.07, 6.45) is 2.47. The third-order valence-electron chi connectivity index (χ3n) is 3.75. The fourth-order valence-electron chi connectivity index (χ4n) is 2.45. The van der Waals surface area contributed by atoms with Crippen LogP contribution < -0.4 is 10.6 Å². The van der Waals surface area contributed by atoms with Crippen LogP contribution in [-0.2, 0) is 20.0 Å². The second-order valence-electron chi connectivity index (χ2n) is 6.55. The van der Waals surface area contributed by atoms with E-state index in [1.807, 2.05) is 25.2 Å². The van der Waals surface area contributed by atoms with Gasteiger partial charge in [-0.05, 0) is 29.5 Å². The summed E-state index contributed by atoms with van der Waals surface area (Å²) < 4.78 is 1.74. The van der Waals surface area contributed by atoms with Crippen LogP contribution in [0.5, 0.6) is 0 Å². The fraction of sp³-hybridized carbons (Fsp3) is 0.471. The van der Waals surface area contributed by atoms with Gasteiger partial charge in [0, 0.05) is 25.7 Å². The average molecular weight is 349 g/mol. The molecule has 0 aliphatic carbocycles. The van der Waals surface area contributed by atoms with Crippen LogP contribution in [0.4, 0.5) is 0 Å². The van der Waals surface area contributed by atoms with E-state index in [4.69, 9.17) is 11.6 Å². The van der Waals surface area contributed by atoms with Gasteiger partial charge in [0.15, 0.2) is 5.96 Å². The lowest BCUT2D eigenvalue weighted by molar-refractivity contribution is 0.359. The highest BCUT2D eigenvalue weighted by Gasteiger charge is 2.19. The molecule has 130 valence electrons. The van der Waals surface area contributed by atoms with E-state index < -0.39 is 0 Å². The Morgan fingerprint density at radius 2 is 2.12 bits per heavy atom. The predicted octanol–water partition coefficient (Wildman–Crippen LogP) is 2.40. The molecule has 0 spiro atoms. The van der Waals surface area contributed by atoms with E-state index in [1.54, 1.807) is 18.1 Å². The molecule has 2 N–H and O–H groups in total. The molecular formula is C17H25ClN6. The molecule has 2 aromatic rings. The molecule has 0 unspecified atom stereocenters. The zero-order valence-electron chi connectivity index (χ0n) is 14.7. The summed E-state index contributed by atoms with van der Waals surface area (Å²) in [5.41, 5.74) is 1.30. The summed E-state index contributed by atoms with van der Waals surface area (Å²) in [6, 6.07) is 8.01. The van der Waals surface area contributed by atoms with E-state index in [0.29, 0.717) is 6.54 Å². The standard InChI is InChI=1S/C17H25ClN6/c1-17(2,9-13-6-5-7-14(18)8-13)11-21-16(19-3)20-10-15-22-12-23-24(15)4/h5-8,12H,9-11H2,1-4H3,(H2,19,20,21). The SMILES string of the molecule is CN=C(NCc1ncnn1C)NCC(C)(C)Cc1cccc(Cl)c1. The number of halogens is 1. The van der Waals surface area contributed by atoms with Gasteiger partial charge in [0.2, 0.25) is 0 Å². The number of aryl methyl sites for hydroxylation is 1. The molecule has 0 amide bonds. The van der Waals surface area contributed by atoms with Gasteiger partial charge in [-0.15, -0.1) is 0 Å². The molecular weight excluding hydrogens is 324 g/mol. The van der Waals surface area contributed by atoms with Crippen LogP contribution in [-0.4, -0.2) is 34.3 Å². The molecule has 0 saturated heterocycles. The van der Waals surface area contributed by atoms with E-state index in [2.05, 4.69) is 45.6 Å². The first-order chi connectivity index (χ1) is 11.4. The fourth-order valence-corrected chi connectivity index (χ4v) is 2.66. The average Bonchev–Trinajstić information content (AvgIpc) is 2.92. The summed E-state index contributed by atoms with van der Waals surface area (Å²) >= 11 is 6.07. The quantitative estimate of drug-likeness (QED) is 0.621. The Bertz CT molecular complexity index is 692. The van der Waals surface area contributed by atoms with Gasteiger partial charge < -0.3 is 10.6 Å². The van der Waals surface area contributed by atoms with E-state index in [9.17, 15) is 0 Å². The van der Waals surface area contributed by atoms with Crippen LogP contribution in [0.15, 0.2) is 35.6 Å². The van der Waals surface area contributed by atoms with Crippen molar-refractivity contribution in [2.45, 2.75) is 26.8 Å². The first kappa shape index (κ1) is 18.3. The molecule has 7 heteroatoms. The van der Waals surface area contributed by atoms with Crippen molar-refractivity contribution in [2.24, 2.45) is 17.5 Å². The third kappa shape index (κ3) is 5.53. The summed E-state index contributed by atoms with van der Waals surface area (Å²) in [4.78, 5) is 8.45. The van der Waals surface area contributed by atoms with Gasteiger partial charge in [0.05, 0.1) is 6.54 Å². The van der Waals surface area contributed by atoms with Crippen LogP contribution in [0, 0.1) is 5.41 Å². The lowest BCUT2D eigenvalue weighted by Gasteiger charge is -2.26. The number of aromatic nitrogens is 3. The van der Waals surface area contributed by atoms with Crippen molar-refractivity contribution in [3.05, 3.63) is 47.0 Å². The molecule has 0 fully saturated rings. The first-order valence-corrected chi connectivity index (χ1v) is 8.29. The molecule has 0 atom stereocenters. The number of benzene rings is 1. The lowest BCUT2D eigenvalue weighted by atomic mass is 9.86. The van der Waals surface area contributed by atoms with Crippen LogP contribution in [0.1, 0.15) is 25.2 Å². The normalized spacial score (nSPS) is 12.3. The maximum Gasteiger partial charge on any atom is 0.191 e. The van der Waals surface area contributed by atoms with Crippen molar-refractivity contribution in [2.75, 3.05) is 13.6 Å². The molecule has 0 aliphatic heterocycles. The topological polar surface area (TPSA) is 67.1 Å². The van der Waals surface area contributed by atoms with Crippen molar-refractivity contribution in [1.29, 1.82) is 0 Å². The molecule has 6 nitrogen and oxygen atoms in total. The van der Waals surface area contributed by atoms with Crippen molar-refractivity contribution in [3.8, 4) is 0 Å². The van der Waals surface area contributed by atoms with Crippen LogP contribution in [0.3, 0.4) is 0 Å². The Labute approximate surface area is 148 Å². The first-order valence-electron chi connectivity index (χ1n) is 7.91. The highest BCUT2D eigenvalue weighted by Crippen LogP contribution is 2.22. The number of hydrogen-bond acceptors (Lipinski definition) is 3. The maximum atomic E-state index is 6.07. The summed E-state index contributed by atoms with van der Waals surface area (Å²) in [7, 11) is 3.63. The third-order valence-corrected chi connectivity index (χ3v) is 3.98. The second-order valence-corrected chi connectivity index (χ2v) is 6.99. The Morgan fingerprint density at radius 3 is 2.75 bits per heavy atom. The van der Waals surface area contributed by atoms with E-state index in [0.717, 1.165) is 29.8 Å². The number of nitrogens with one attached hydrogen (secondary N) is 2.